The molecule has 7 rings (SSSR count). The van der Waals surface area contributed by atoms with Crippen molar-refractivity contribution < 1.29 is 93.8 Å². The predicted octanol–water partition coefficient (Wildman–Crippen LogP) is 1.86. The normalized spacial score (nSPS) is 43.6. The van der Waals surface area contributed by atoms with Crippen molar-refractivity contribution >= 4 is 12.2 Å². The molecular formula is C53H90N2O19. The number of hydrogen-bond donors (Lipinski definition) is 12. The van der Waals surface area contributed by atoms with Crippen LogP contribution < -0.4 is 10.6 Å². The molecular weight excluding hydrogens is 969 g/mol. The van der Waals surface area contributed by atoms with Crippen LogP contribution in [-0.2, 0) is 33.2 Å². The number of unbranched alkanes of at least 4 members (excludes halogenated alkanes) is 3. The molecule has 74 heavy (non-hydrogen) atoms. The second-order valence-corrected chi connectivity index (χ2v) is 23.6. The van der Waals surface area contributed by atoms with Crippen molar-refractivity contribution in [3.63, 3.8) is 0 Å². The Morgan fingerprint density at radius 2 is 1.34 bits per heavy atom. The Hall–Kier alpha value is -2.32. The van der Waals surface area contributed by atoms with Crippen LogP contribution in [-0.4, -0.2) is 194 Å². The highest BCUT2D eigenvalue weighted by Crippen LogP contribution is 2.67. The smallest absolute Gasteiger partial charge is 0.407 e. The molecule has 7 aliphatic rings. The first-order valence-electron chi connectivity index (χ1n) is 27.7. The average Bonchev–Trinajstić information content (AvgIpc) is 3.73. The maximum absolute atomic E-state index is 12.9. The van der Waals surface area contributed by atoms with Crippen molar-refractivity contribution in [2.75, 3.05) is 32.9 Å². The Bertz CT molecular complexity index is 1830. The van der Waals surface area contributed by atoms with Gasteiger partial charge in [0.15, 0.2) is 18.9 Å². The Labute approximate surface area is 435 Å². The zero-order valence-electron chi connectivity index (χ0n) is 44.1. The lowest BCUT2D eigenvalue weighted by molar-refractivity contribution is -0.363. The summed E-state index contributed by atoms with van der Waals surface area (Å²) >= 11 is 0. The van der Waals surface area contributed by atoms with Gasteiger partial charge in [-0.3, -0.25) is 0 Å². The first-order valence-corrected chi connectivity index (χ1v) is 27.7. The number of carbonyl (C=O) groups is 2. The van der Waals surface area contributed by atoms with Gasteiger partial charge in [0.1, 0.15) is 86.0 Å². The predicted molar refractivity (Wildman–Crippen MR) is 263 cm³/mol. The van der Waals surface area contributed by atoms with Gasteiger partial charge < -0.3 is 94.9 Å². The molecule has 3 heterocycles. The van der Waals surface area contributed by atoms with E-state index < -0.39 is 124 Å². The molecule has 6 fully saturated rings. The quantitative estimate of drug-likeness (QED) is 0.0577. The molecule has 4 aliphatic carbocycles. The molecule has 0 aromatic rings. The fraction of sp³-hybridized carbons (Fsp3) is 0.925. The molecule has 3 aliphatic heterocycles. The maximum Gasteiger partial charge on any atom is 0.407 e. The van der Waals surface area contributed by atoms with Crippen molar-refractivity contribution in [2.45, 2.75) is 229 Å². The lowest BCUT2D eigenvalue weighted by Gasteiger charge is -2.58. The number of aliphatic hydroxyl groups is 10. The van der Waals surface area contributed by atoms with Gasteiger partial charge in [0.05, 0.1) is 13.2 Å². The number of rotatable bonds is 21. The average molecular weight is 1060 g/mol. The molecule has 1 unspecified atom stereocenters. The van der Waals surface area contributed by atoms with Gasteiger partial charge in [-0.15, -0.1) is 0 Å². The molecule has 21 heteroatoms. The molecule has 0 bridgehead atoms. The number of fused-ring (bicyclic) bond motifs is 5. The lowest BCUT2D eigenvalue weighted by atomic mass is 9.47. The fourth-order valence-electron chi connectivity index (χ4n) is 14.1. The number of carbonyl (C=O) groups excluding carboxylic acids is 2. The molecule has 23 atom stereocenters. The van der Waals surface area contributed by atoms with Gasteiger partial charge >= 0.3 is 12.2 Å². The Morgan fingerprint density at radius 3 is 2.04 bits per heavy atom. The van der Waals surface area contributed by atoms with Gasteiger partial charge in [-0.1, -0.05) is 78.4 Å². The van der Waals surface area contributed by atoms with E-state index in [-0.39, 0.29) is 18.1 Å². The largest absolute Gasteiger partial charge is 0.447 e. The van der Waals surface area contributed by atoms with Gasteiger partial charge in [-0.05, 0) is 104 Å². The highest BCUT2D eigenvalue weighted by molar-refractivity contribution is 5.67. The number of nitrogens with one attached hydrogen (secondary N) is 2. The molecule has 0 radical (unpaired) electrons. The summed E-state index contributed by atoms with van der Waals surface area (Å²) in [6.45, 7) is 10.9. The summed E-state index contributed by atoms with van der Waals surface area (Å²) in [4.78, 5) is 25.8. The maximum atomic E-state index is 12.9. The Morgan fingerprint density at radius 1 is 0.676 bits per heavy atom. The van der Waals surface area contributed by atoms with Gasteiger partial charge in [0.25, 0.3) is 0 Å². The van der Waals surface area contributed by atoms with Gasteiger partial charge in [-0.2, -0.15) is 0 Å². The second kappa shape index (κ2) is 26.1. The summed E-state index contributed by atoms with van der Waals surface area (Å²) in [5.41, 5.74) is 2.11. The summed E-state index contributed by atoms with van der Waals surface area (Å²) in [6, 6.07) is 0. The molecule has 21 nitrogen and oxygen atoms in total. The van der Waals surface area contributed by atoms with Gasteiger partial charge in [0, 0.05) is 19.5 Å². The van der Waals surface area contributed by atoms with Crippen LogP contribution in [0.1, 0.15) is 131 Å². The summed E-state index contributed by atoms with van der Waals surface area (Å²) in [6.07, 6.45) is -8.76. The van der Waals surface area contributed by atoms with E-state index >= 15 is 0 Å². The molecule has 0 aromatic carbocycles. The molecule has 0 aromatic heterocycles. The summed E-state index contributed by atoms with van der Waals surface area (Å²) in [7, 11) is 0. The zero-order chi connectivity index (χ0) is 53.6. The highest BCUT2D eigenvalue weighted by Gasteiger charge is 2.59. The van der Waals surface area contributed by atoms with Crippen LogP contribution in [0.5, 0.6) is 0 Å². The minimum absolute atomic E-state index is 0.135. The minimum Gasteiger partial charge on any atom is -0.447 e. The van der Waals surface area contributed by atoms with Crippen LogP contribution in [0, 0.1) is 46.3 Å². The number of hydrogen-bond acceptors (Lipinski definition) is 19. The van der Waals surface area contributed by atoms with Crippen molar-refractivity contribution in [2.24, 2.45) is 46.3 Å². The van der Waals surface area contributed by atoms with Gasteiger partial charge in [-0.25, -0.2) is 9.59 Å². The van der Waals surface area contributed by atoms with E-state index in [0.717, 1.165) is 68.1 Å². The SMILES string of the molecule is CC(C)CCC[C@@H](C)[C@H]1CC[C@H]2C3CC=C4C[C@@H](OC(=O)NCCCCCCNC(=O)OC[C@H]5O[C@H](OC[C@H]6O[C@H](O)[C@H](O)[C@@H](O)[C@@H]6O)[C@H](O)[C@@H](O)[C@@H]5O[C@H]5O[C@H](CO)[C@@H](O)[C@H](O)[C@H]5O)CC[C@]4(C)[C@H]3CC[C@]12C. The number of aliphatic hydroxyl groups excluding tert-OH is 10. The zero-order valence-corrected chi connectivity index (χ0v) is 44.1. The van der Waals surface area contributed by atoms with Crippen molar-refractivity contribution in [3.8, 4) is 0 Å². The number of alkyl carbamates (subject to hydrolysis) is 2. The van der Waals surface area contributed by atoms with E-state index in [1.807, 2.05) is 0 Å². The van der Waals surface area contributed by atoms with E-state index in [0.29, 0.717) is 30.7 Å². The Balaban J connectivity index is 0.807. The monoisotopic (exact) mass is 1060 g/mol. The number of ether oxygens (including phenoxy) is 7. The third-order valence-electron chi connectivity index (χ3n) is 18.4. The minimum atomic E-state index is -1.92. The van der Waals surface area contributed by atoms with Crippen molar-refractivity contribution in [3.05, 3.63) is 11.6 Å². The molecule has 2 amide bonds. The fourth-order valence-corrected chi connectivity index (χ4v) is 14.1. The van der Waals surface area contributed by atoms with E-state index in [2.05, 4.69) is 51.3 Å². The van der Waals surface area contributed by atoms with Crippen LogP contribution in [0.3, 0.4) is 0 Å². The third-order valence-corrected chi connectivity index (χ3v) is 18.4. The first-order chi connectivity index (χ1) is 35.2. The lowest BCUT2D eigenvalue weighted by Crippen LogP contribution is -2.65. The number of allylic oxidation sites excluding steroid dienone is 1. The first kappa shape index (κ1) is 59.3. The summed E-state index contributed by atoms with van der Waals surface area (Å²) in [5, 5.41) is 109. The highest BCUT2D eigenvalue weighted by atomic mass is 16.7. The molecule has 12 N–H and O–H groups in total. The van der Waals surface area contributed by atoms with Crippen LogP contribution in [0.4, 0.5) is 9.59 Å². The van der Waals surface area contributed by atoms with Crippen LogP contribution in [0.25, 0.3) is 0 Å². The summed E-state index contributed by atoms with van der Waals surface area (Å²) < 4.78 is 39.0. The van der Waals surface area contributed by atoms with E-state index in [4.69, 9.17) is 33.2 Å². The summed E-state index contributed by atoms with van der Waals surface area (Å²) in [5.74, 6) is 4.64. The second-order valence-electron chi connectivity index (χ2n) is 23.6. The molecule has 3 saturated carbocycles. The number of amides is 2. The molecule has 0 spiro atoms. The van der Waals surface area contributed by atoms with E-state index in [1.165, 1.54) is 50.5 Å². The van der Waals surface area contributed by atoms with Crippen molar-refractivity contribution in [1.82, 2.24) is 10.6 Å². The Kier molecular flexibility index (Phi) is 20.9. The van der Waals surface area contributed by atoms with E-state index in [9.17, 15) is 60.7 Å². The molecule has 426 valence electrons. The van der Waals surface area contributed by atoms with Gasteiger partial charge in [0.2, 0.25) is 0 Å². The van der Waals surface area contributed by atoms with Crippen LogP contribution in [0.15, 0.2) is 11.6 Å². The molecule has 3 saturated heterocycles. The standard InChI is InChI=1S/C53H90N2O19/c1-27(2)11-10-12-28(3)32-15-16-33-31-14-13-29-23-30(17-19-52(29,4)34(31)18-20-53(32,33)5)70-51(67)55-22-9-7-6-8-21-54-50(66)69-26-37-46(74-49-44(63)41(60)38(57)35(24-56)72-49)42(61)45(64)48(73-37)68-25-36-39(58)40(59)43(62)47(65)71-36/h13,27-28,30-49,56-65H,6-12,14-26H2,1-5H3,(H,54,66)(H,55,67)/t28-,30+,31?,32-,33+,34+,35-,36-,37-,38-,39-,40+,41+,42-,43-,44-,45-,46-,47+,48+,49-,52+,53-/m1/s1. The third kappa shape index (κ3) is 13.4. The van der Waals surface area contributed by atoms with E-state index in [1.54, 1.807) is 0 Å². The van der Waals surface area contributed by atoms with Crippen molar-refractivity contribution in [1.29, 1.82) is 0 Å². The van der Waals surface area contributed by atoms with Crippen LogP contribution >= 0.6 is 0 Å². The van der Waals surface area contributed by atoms with Crippen LogP contribution in [0.2, 0.25) is 0 Å². The topological polar surface area (TPSA) is 325 Å².